The van der Waals surface area contributed by atoms with Gasteiger partial charge in [0.25, 0.3) is 10.1 Å². The molecule has 2 rings (SSSR count). The Bertz CT molecular complexity index is 790. The molecule has 25 heavy (non-hydrogen) atoms. The Morgan fingerprint density at radius 1 is 1.04 bits per heavy atom. The number of aryl methyl sites for hydroxylation is 1. The molecule has 0 amide bonds. The van der Waals surface area contributed by atoms with E-state index in [1.54, 1.807) is 12.1 Å². The minimum atomic E-state index is -4.42. The first kappa shape index (κ1) is 22.6. The van der Waals surface area contributed by atoms with Gasteiger partial charge in [-0.05, 0) is 36.6 Å². The molecule has 0 aliphatic carbocycles. The molecule has 5 nitrogen and oxygen atoms in total. The summed E-state index contributed by atoms with van der Waals surface area (Å²) in [5.74, 6) is -0.357. The van der Waals surface area contributed by atoms with E-state index >= 15 is 0 Å². The van der Waals surface area contributed by atoms with Crippen LogP contribution in [0.3, 0.4) is 0 Å². The minimum absolute atomic E-state index is 0. The maximum atomic E-state index is 12.2. The number of unbranched alkanes of at least 4 members (excludes halogenated alkanes) is 3. The molecule has 2 aromatic carbocycles. The fourth-order valence-corrected chi connectivity index (χ4v) is 3.03. The molecule has 7 heteroatoms. The second kappa shape index (κ2) is 10.7. The SMILES string of the molecule is CCCCCCc1ccc(Oc2ccccc2S(=O)(=O)O)c([O-])c1.[K+]. The van der Waals surface area contributed by atoms with Crippen LogP contribution in [0.4, 0.5) is 0 Å². The van der Waals surface area contributed by atoms with Crippen molar-refractivity contribution in [3.05, 3.63) is 48.0 Å². The second-order valence-corrected chi connectivity index (χ2v) is 7.01. The first-order valence-corrected chi connectivity index (χ1v) is 9.40. The fraction of sp³-hybridized carbons (Fsp3) is 0.333. The third kappa shape index (κ3) is 7.01. The van der Waals surface area contributed by atoms with Crippen LogP contribution in [-0.2, 0) is 16.5 Å². The average molecular weight is 389 g/mol. The quantitative estimate of drug-likeness (QED) is 0.413. The van der Waals surface area contributed by atoms with Gasteiger partial charge in [-0.1, -0.05) is 56.2 Å². The van der Waals surface area contributed by atoms with Gasteiger partial charge in [-0.25, -0.2) is 0 Å². The van der Waals surface area contributed by atoms with E-state index in [-0.39, 0.29) is 73.5 Å². The van der Waals surface area contributed by atoms with Gasteiger partial charge in [0, 0.05) is 0 Å². The smallest absolute Gasteiger partial charge is 0.870 e. The summed E-state index contributed by atoms with van der Waals surface area (Å²) in [6, 6.07) is 10.5. The monoisotopic (exact) mass is 388 g/mol. The Balaban J connectivity index is 0.00000312. The van der Waals surface area contributed by atoms with Gasteiger partial charge in [-0.15, -0.1) is 0 Å². The Labute approximate surface area is 191 Å². The third-order valence-corrected chi connectivity index (χ3v) is 4.57. The molecule has 1 N–H and O–H groups in total. The van der Waals surface area contributed by atoms with Gasteiger partial charge in [-0.2, -0.15) is 8.42 Å². The molecule has 0 bridgehead atoms. The van der Waals surface area contributed by atoms with E-state index in [0.717, 1.165) is 31.2 Å². The molecule has 0 aliphatic rings. The molecule has 0 atom stereocenters. The van der Waals surface area contributed by atoms with Crippen LogP contribution in [0, 0.1) is 0 Å². The molecule has 0 aromatic heterocycles. The molecule has 0 saturated heterocycles. The van der Waals surface area contributed by atoms with Crippen molar-refractivity contribution < 1.29 is 74.2 Å². The van der Waals surface area contributed by atoms with Gasteiger partial charge in [0.05, 0.1) is 0 Å². The van der Waals surface area contributed by atoms with E-state index in [0.29, 0.717) is 0 Å². The Kier molecular flexibility index (Phi) is 9.65. The third-order valence-electron chi connectivity index (χ3n) is 3.67. The molecular formula is C18H21KO5S. The predicted octanol–water partition coefficient (Wildman–Crippen LogP) is 0.926. The van der Waals surface area contributed by atoms with Crippen LogP contribution in [0.2, 0.25) is 0 Å². The van der Waals surface area contributed by atoms with Crippen LogP contribution in [0.5, 0.6) is 17.2 Å². The number of rotatable bonds is 8. The molecular weight excluding hydrogens is 367 g/mol. The summed E-state index contributed by atoms with van der Waals surface area (Å²) >= 11 is 0. The van der Waals surface area contributed by atoms with Gasteiger partial charge >= 0.3 is 51.4 Å². The number of ether oxygens (including phenoxy) is 1. The van der Waals surface area contributed by atoms with E-state index in [1.165, 1.54) is 36.8 Å². The number of hydrogen-bond donors (Lipinski definition) is 1. The summed E-state index contributed by atoms with van der Waals surface area (Å²) < 4.78 is 37.3. The number of hydrogen-bond acceptors (Lipinski definition) is 4. The van der Waals surface area contributed by atoms with Crippen LogP contribution < -0.4 is 61.2 Å². The molecule has 130 valence electrons. The van der Waals surface area contributed by atoms with Crippen LogP contribution in [0.1, 0.15) is 38.2 Å². The number of para-hydroxylation sites is 1. The van der Waals surface area contributed by atoms with E-state index in [2.05, 4.69) is 6.92 Å². The zero-order valence-electron chi connectivity index (χ0n) is 14.6. The standard InChI is InChI=1S/C18H22O5S.K/c1-2-3-4-5-8-14-11-12-16(15(19)13-14)23-17-9-6-7-10-18(17)24(20,21)22;/h6-7,9-13,19H,2-5,8H2,1H3,(H,20,21,22);/q;+1/p-1. The van der Waals surface area contributed by atoms with Gasteiger partial charge in [-0.3, -0.25) is 4.55 Å². The van der Waals surface area contributed by atoms with Crippen molar-refractivity contribution in [3.63, 3.8) is 0 Å². The number of benzene rings is 2. The van der Waals surface area contributed by atoms with Crippen molar-refractivity contribution in [1.82, 2.24) is 0 Å². The molecule has 0 aliphatic heterocycles. The molecule has 0 saturated carbocycles. The van der Waals surface area contributed by atoms with Crippen molar-refractivity contribution in [2.75, 3.05) is 0 Å². The van der Waals surface area contributed by atoms with Gasteiger partial charge < -0.3 is 9.84 Å². The van der Waals surface area contributed by atoms with Gasteiger partial charge in [0.2, 0.25) is 0 Å². The zero-order chi connectivity index (χ0) is 17.6. The van der Waals surface area contributed by atoms with Crippen molar-refractivity contribution in [2.45, 2.75) is 43.9 Å². The molecule has 0 spiro atoms. The van der Waals surface area contributed by atoms with E-state index in [4.69, 9.17) is 4.74 Å². The topological polar surface area (TPSA) is 86.7 Å². The van der Waals surface area contributed by atoms with Gasteiger partial charge in [0.15, 0.2) is 0 Å². The summed E-state index contributed by atoms with van der Waals surface area (Å²) in [6.45, 7) is 2.15. The van der Waals surface area contributed by atoms with E-state index in [1.807, 2.05) is 0 Å². The Morgan fingerprint density at radius 3 is 2.40 bits per heavy atom. The fourth-order valence-electron chi connectivity index (χ4n) is 2.41. The van der Waals surface area contributed by atoms with Gasteiger partial charge in [0.1, 0.15) is 16.4 Å². The molecule has 0 heterocycles. The van der Waals surface area contributed by atoms with Crippen molar-refractivity contribution in [1.29, 1.82) is 0 Å². The van der Waals surface area contributed by atoms with E-state index in [9.17, 15) is 18.1 Å². The van der Waals surface area contributed by atoms with E-state index < -0.39 is 10.1 Å². The summed E-state index contributed by atoms with van der Waals surface area (Å²) in [6.07, 6.45) is 5.32. The molecule has 2 aromatic rings. The van der Waals surface area contributed by atoms with Crippen LogP contribution in [0.25, 0.3) is 0 Å². The normalized spacial score (nSPS) is 11.0. The Hall–Kier alpha value is -0.414. The molecule has 0 fully saturated rings. The summed E-state index contributed by atoms with van der Waals surface area (Å²) in [5.41, 5.74) is 0.937. The summed E-state index contributed by atoms with van der Waals surface area (Å²) in [4.78, 5) is -0.368. The van der Waals surface area contributed by atoms with Crippen LogP contribution in [0.15, 0.2) is 47.4 Å². The first-order chi connectivity index (χ1) is 11.4. The first-order valence-electron chi connectivity index (χ1n) is 7.96. The minimum Gasteiger partial charge on any atom is -0.870 e. The van der Waals surface area contributed by atoms with Crippen LogP contribution in [-0.4, -0.2) is 13.0 Å². The Morgan fingerprint density at radius 2 is 1.76 bits per heavy atom. The molecule has 0 radical (unpaired) electrons. The summed E-state index contributed by atoms with van der Waals surface area (Å²) in [5, 5.41) is 12.2. The second-order valence-electron chi connectivity index (χ2n) is 5.62. The predicted molar refractivity (Wildman–Crippen MR) is 90.1 cm³/mol. The summed E-state index contributed by atoms with van der Waals surface area (Å²) in [7, 11) is -4.42. The van der Waals surface area contributed by atoms with Crippen LogP contribution >= 0.6 is 0 Å². The maximum Gasteiger partial charge on any atom is 1.00 e. The zero-order valence-corrected chi connectivity index (χ0v) is 18.5. The molecule has 0 unspecified atom stereocenters. The van der Waals surface area contributed by atoms with Crippen molar-refractivity contribution in [3.8, 4) is 17.2 Å². The van der Waals surface area contributed by atoms with Crippen molar-refractivity contribution in [2.24, 2.45) is 0 Å². The van der Waals surface area contributed by atoms with Crippen molar-refractivity contribution >= 4 is 10.1 Å². The average Bonchev–Trinajstić information content (AvgIpc) is 2.53. The largest absolute Gasteiger partial charge is 1.00 e. The maximum absolute atomic E-state index is 12.2.